The van der Waals surface area contributed by atoms with E-state index in [1.807, 2.05) is 0 Å². The summed E-state index contributed by atoms with van der Waals surface area (Å²) in [6.07, 6.45) is -107. The fourth-order valence-corrected chi connectivity index (χ4v) is 17.0. The molecule has 130 heavy (non-hydrogen) atoms. The smallest absolute Gasteiger partial charge is 0.217 e. The number of carbonyl (C=O) groups excluding carboxylic acids is 4. The van der Waals surface area contributed by atoms with Crippen LogP contribution < -0.4 is 21.3 Å². The standard InChI is InChI=1S/C73H122N4O53/c1-16-35(90)45(100)51(106)68(112-16)124-56-29(13-84)120-66(34(77-21(6)88)58(56)126-70-53(108)47(102)39(94)24(8-79)116-70)128-60-48(103)40(95)25(9-80)117-71(60)111-15-30-42(97)59(127-72-61(49(104)41(96)26(10-81)118-72)129-64-31(74-18(3)85)43(98)38(93)23(7-78)115-64)62(130-67-50(105)37(92)22(89)14-110-67)73(121-30)122-54-27(11-82)119-65(32(44(54)99)75-19(4)86)123-55-28(12-83)114-63(109)33(76-20(5)87)57(55)125-69-52(107)46(101)36(91)17(2)113-69/h16-17,22-73,78-84,89-109H,7-15H2,1-6H3,(H,74,85)(H,75,86)(H,76,87)(H,77,88). The monoisotopic (exact) mass is 1900 g/mol. The number of hydrogen-bond acceptors (Lipinski definition) is 53. The largest absolute Gasteiger partial charge is 0.394 e. The number of hydrogen-bond donors (Lipinski definition) is 32. The lowest BCUT2D eigenvalue weighted by Crippen LogP contribution is -2.72. The maximum absolute atomic E-state index is 13.6. The second-order valence-electron chi connectivity index (χ2n) is 33.3. The molecule has 0 aromatic carbocycles. The molecule has 11 fully saturated rings. The number of rotatable bonds is 32. The van der Waals surface area contributed by atoms with Crippen LogP contribution in [-0.2, 0) is 119 Å². The summed E-state index contributed by atoms with van der Waals surface area (Å²) in [6, 6.07) is -7.90. The minimum Gasteiger partial charge on any atom is -0.394 e. The minimum absolute atomic E-state index is 0.888. The maximum atomic E-state index is 13.6. The lowest BCUT2D eigenvalue weighted by Gasteiger charge is -2.52. The van der Waals surface area contributed by atoms with Crippen molar-refractivity contribution in [3.8, 4) is 0 Å². The summed E-state index contributed by atoms with van der Waals surface area (Å²) in [4.78, 5) is 52.8. The Morgan fingerprint density at radius 3 is 1.04 bits per heavy atom. The molecule has 54 atom stereocenters. The topological polar surface area (TPSA) is 877 Å². The molecule has 32 N–H and O–H groups in total. The van der Waals surface area contributed by atoms with Gasteiger partial charge in [0.05, 0.1) is 71.7 Å². The van der Waals surface area contributed by atoms with Gasteiger partial charge in [0.15, 0.2) is 69.2 Å². The molecular weight excluding hydrogens is 1780 g/mol. The zero-order valence-electron chi connectivity index (χ0n) is 70.3. The summed E-state index contributed by atoms with van der Waals surface area (Å²) in [5, 5.41) is 325. The molecule has 0 spiro atoms. The van der Waals surface area contributed by atoms with E-state index in [4.69, 9.17) is 99.5 Å². The highest BCUT2D eigenvalue weighted by Gasteiger charge is 2.63. The van der Waals surface area contributed by atoms with E-state index < -0.39 is 415 Å². The molecule has 11 rings (SSSR count). The van der Waals surface area contributed by atoms with Crippen LogP contribution in [0, 0.1) is 0 Å². The van der Waals surface area contributed by atoms with Crippen molar-refractivity contribution in [2.24, 2.45) is 0 Å². The van der Waals surface area contributed by atoms with Gasteiger partial charge in [-0.2, -0.15) is 0 Å². The highest BCUT2D eigenvalue weighted by Crippen LogP contribution is 2.43. The van der Waals surface area contributed by atoms with Gasteiger partial charge in [-0.25, -0.2) is 0 Å². The Balaban J connectivity index is 1.01. The van der Waals surface area contributed by atoms with E-state index in [1.54, 1.807) is 0 Å². The zero-order chi connectivity index (χ0) is 95.5. The number of carbonyl (C=O) groups is 4. The van der Waals surface area contributed by atoms with Crippen molar-refractivity contribution in [3.05, 3.63) is 0 Å². The summed E-state index contributed by atoms with van der Waals surface area (Å²) < 4.78 is 129. The van der Waals surface area contributed by atoms with Crippen LogP contribution in [-0.4, -0.2) is 557 Å². The van der Waals surface area contributed by atoms with Crippen LogP contribution in [0.2, 0.25) is 0 Å². The Morgan fingerprint density at radius 2 is 0.554 bits per heavy atom. The van der Waals surface area contributed by atoms with Crippen molar-refractivity contribution in [1.82, 2.24) is 21.3 Å². The zero-order valence-corrected chi connectivity index (χ0v) is 70.3. The fourth-order valence-electron chi connectivity index (χ4n) is 17.0. The molecule has 0 aromatic heterocycles. The third-order valence-corrected chi connectivity index (χ3v) is 24.1. The summed E-state index contributed by atoms with van der Waals surface area (Å²) in [5.74, 6) is -3.90. The molecule has 11 aliphatic heterocycles. The Hall–Kier alpha value is -4.08. The van der Waals surface area contributed by atoms with Gasteiger partial charge >= 0.3 is 0 Å². The van der Waals surface area contributed by atoms with Gasteiger partial charge < -0.3 is 264 Å². The van der Waals surface area contributed by atoms with Crippen molar-refractivity contribution in [2.45, 2.75) is 373 Å². The van der Waals surface area contributed by atoms with E-state index in [-0.39, 0.29) is 0 Å². The second-order valence-corrected chi connectivity index (χ2v) is 33.3. The van der Waals surface area contributed by atoms with Gasteiger partial charge in [0.25, 0.3) is 0 Å². The number of ether oxygens (including phenoxy) is 21. The van der Waals surface area contributed by atoms with Gasteiger partial charge in [0.1, 0.15) is 250 Å². The molecule has 0 radical (unpaired) electrons. The van der Waals surface area contributed by atoms with Gasteiger partial charge in [0, 0.05) is 27.7 Å². The minimum atomic E-state index is -2.63. The number of aliphatic hydroxyl groups is 28. The molecule has 57 nitrogen and oxygen atoms in total. The first-order chi connectivity index (χ1) is 61.5. The predicted molar refractivity (Wildman–Crippen MR) is 400 cm³/mol. The first kappa shape index (κ1) is 106. The van der Waals surface area contributed by atoms with Crippen molar-refractivity contribution in [2.75, 3.05) is 59.5 Å². The van der Waals surface area contributed by atoms with E-state index in [9.17, 15) is 162 Å². The van der Waals surface area contributed by atoms with Crippen molar-refractivity contribution < 1.29 is 262 Å². The Bertz CT molecular complexity index is 3560. The molecule has 0 aromatic rings. The fraction of sp³-hybridized carbons (Fsp3) is 0.945. The Kier molecular flexibility index (Phi) is 37.7. The van der Waals surface area contributed by atoms with Gasteiger partial charge in [-0.15, -0.1) is 0 Å². The summed E-state index contributed by atoms with van der Waals surface area (Å²) in [5.41, 5.74) is 0. The van der Waals surface area contributed by atoms with E-state index in [2.05, 4.69) is 21.3 Å². The molecule has 54 unspecified atom stereocenters. The highest BCUT2D eigenvalue weighted by molar-refractivity contribution is 5.74. The third kappa shape index (κ3) is 23.2. The van der Waals surface area contributed by atoms with Gasteiger partial charge in [-0.05, 0) is 13.8 Å². The van der Waals surface area contributed by atoms with Crippen LogP contribution in [0.5, 0.6) is 0 Å². The SMILES string of the molecule is CC(=O)NC1C(OC2C(OC3C(O)C(COC4OC(CO)C(O)C(O)C4OC4OC(CO)C(OC5OC(C)C(O)C(O)C5O)C(OC5OC(CO)C(O)C(O)C5O)C4NC(C)=O)OC(OC4C(CO)OC(OC5C(CO)OC(O)C(NC(C)=O)C5OC5OC(C)C(O)C(O)C5O)C(NC(C)=O)C4O)C3OC3OCC(O)C(O)C3O)OC(CO)C(O)C2O)OC(CO)C(O)C1O. The molecular formula is C73H122N4O53. The van der Waals surface area contributed by atoms with Crippen LogP contribution in [0.15, 0.2) is 0 Å². The molecule has 11 saturated heterocycles. The summed E-state index contributed by atoms with van der Waals surface area (Å²) in [6.45, 7) is -4.35. The van der Waals surface area contributed by atoms with Crippen LogP contribution in [0.1, 0.15) is 41.5 Å². The average molecular weight is 1900 g/mol. The lowest BCUT2D eigenvalue weighted by molar-refractivity contribution is -0.412. The number of aliphatic hydroxyl groups excluding tert-OH is 28. The molecule has 0 aliphatic carbocycles. The molecule has 11 heterocycles. The normalized spacial score (nSPS) is 50.4. The molecule has 11 aliphatic rings. The van der Waals surface area contributed by atoms with Crippen LogP contribution in [0.4, 0.5) is 0 Å². The molecule has 57 heteroatoms. The molecule has 752 valence electrons. The molecule has 0 bridgehead atoms. The summed E-state index contributed by atoms with van der Waals surface area (Å²) >= 11 is 0. The van der Waals surface area contributed by atoms with Gasteiger partial charge in [-0.1, -0.05) is 0 Å². The first-order valence-corrected chi connectivity index (χ1v) is 41.8. The van der Waals surface area contributed by atoms with Gasteiger partial charge in [-0.3, -0.25) is 19.2 Å². The Labute approximate surface area is 736 Å². The Morgan fingerprint density at radius 1 is 0.246 bits per heavy atom. The van der Waals surface area contributed by atoms with E-state index in [1.165, 1.54) is 13.8 Å². The van der Waals surface area contributed by atoms with E-state index in [0.717, 1.165) is 27.7 Å². The van der Waals surface area contributed by atoms with E-state index >= 15 is 0 Å². The second kappa shape index (κ2) is 46.1. The van der Waals surface area contributed by atoms with Crippen molar-refractivity contribution in [3.63, 3.8) is 0 Å². The van der Waals surface area contributed by atoms with Crippen LogP contribution in [0.25, 0.3) is 0 Å². The van der Waals surface area contributed by atoms with Crippen LogP contribution in [0.3, 0.4) is 0 Å². The number of amides is 4. The highest BCUT2D eigenvalue weighted by atomic mass is 16.8. The quantitative estimate of drug-likeness (QED) is 0.0297. The molecule has 0 saturated carbocycles. The van der Waals surface area contributed by atoms with Gasteiger partial charge in [0.2, 0.25) is 23.6 Å². The predicted octanol–water partition coefficient (Wildman–Crippen LogP) is -21.7. The van der Waals surface area contributed by atoms with Crippen molar-refractivity contribution >= 4 is 23.6 Å². The van der Waals surface area contributed by atoms with Crippen LogP contribution >= 0.6 is 0 Å². The number of nitrogens with one attached hydrogen (secondary N) is 4. The first-order valence-electron chi connectivity index (χ1n) is 41.8. The summed E-state index contributed by atoms with van der Waals surface area (Å²) in [7, 11) is 0. The molecule has 4 amide bonds. The van der Waals surface area contributed by atoms with E-state index in [0.29, 0.717) is 0 Å². The third-order valence-electron chi connectivity index (χ3n) is 24.1. The van der Waals surface area contributed by atoms with Crippen molar-refractivity contribution in [1.29, 1.82) is 0 Å². The maximum Gasteiger partial charge on any atom is 0.217 e. The average Bonchev–Trinajstić information content (AvgIpc) is 0.758. The lowest BCUT2D eigenvalue weighted by atomic mass is 9.93.